The number of likely N-dealkylation sites (tertiary alicyclic amines) is 1. The smallest absolute Gasteiger partial charge is 0.273 e. The van der Waals surface area contributed by atoms with Crippen molar-refractivity contribution in [3.8, 4) is 0 Å². The first-order valence-electron chi connectivity index (χ1n) is 11.3. The van der Waals surface area contributed by atoms with Crippen molar-refractivity contribution in [2.24, 2.45) is 0 Å². The number of rotatable bonds is 5. The van der Waals surface area contributed by atoms with Crippen molar-refractivity contribution in [2.75, 3.05) is 13.1 Å². The van der Waals surface area contributed by atoms with E-state index in [1.54, 1.807) is 18.2 Å². The Morgan fingerprint density at radius 3 is 2.65 bits per heavy atom. The molecule has 1 fully saturated rings. The van der Waals surface area contributed by atoms with E-state index in [0.717, 1.165) is 29.2 Å². The van der Waals surface area contributed by atoms with Gasteiger partial charge >= 0.3 is 0 Å². The minimum Gasteiger partial charge on any atom is -0.360 e. The molecule has 0 aliphatic carbocycles. The number of piperidine rings is 1. The van der Waals surface area contributed by atoms with Gasteiger partial charge in [-0.05, 0) is 53.4 Å². The van der Waals surface area contributed by atoms with E-state index in [-0.39, 0.29) is 35.8 Å². The van der Waals surface area contributed by atoms with Crippen LogP contribution in [0.1, 0.15) is 50.9 Å². The number of hydrogen-bond donors (Lipinski definition) is 1. The van der Waals surface area contributed by atoms with Gasteiger partial charge in [0, 0.05) is 37.2 Å². The normalized spacial score (nSPS) is 15.9. The lowest BCUT2D eigenvalue weighted by Gasteiger charge is -2.31. The Morgan fingerprint density at radius 2 is 1.82 bits per heavy atom. The molecule has 5 rings (SSSR count). The Bertz CT molecular complexity index is 1330. The molecule has 1 N–H and O–H groups in total. The molecule has 34 heavy (non-hydrogen) atoms. The zero-order valence-corrected chi connectivity index (χ0v) is 18.5. The second-order valence-corrected chi connectivity index (χ2v) is 8.58. The molecular formula is C27H24FN3O3. The van der Waals surface area contributed by atoms with Crippen LogP contribution >= 0.6 is 0 Å². The maximum Gasteiger partial charge on any atom is 0.273 e. The molecule has 1 aliphatic rings. The summed E-state index contributed by atoms with van der Waals surface area (Å²) in [5.41, 5.74) is 1.64. The summed E-state index contributed by atoms with van der Waals surface area (Å²) in [5, 5.41) is 8.83. The fourth-order valence-corrected chi connectivity index (χ4v) is 4.36. The van der Waals surface area contributed by atoms with Gasteiger partial charge in [-0.2, -0.15) is 0 Å². The zero-order chi connectivity index (χ0) is 23.5. The number of amides is 2. The van der Waals surface area contributed by atoms with Crippen LogP contribution in [-0.4, -0.2) is 35.0 Å². The van der Waals surface area contributed by atoms with Crippen molar-refractivity contribution >= 4 is 22.6 Å². The molecule has 1 unspecified atom stereocenters. The number of halogens is 1. The summed E-state index contributed by atoms with van der Waals surface area (Å²) in [6, 6.07) is 21.3. The molecule has 0 saturated carbocycles. The van der Waals surface area contributed by atoms with Gasteiger partial charge in [0.15, 0.2) is 5.69 Å². The number of fused-ring (bicyclic) bond motifs is 1. The largest absolute Gasteiger partial charge is 0.360 e. The standard InChI is InChI=1S/C27H24FN3O3/c28-23-11-7-18(8-12-23)16-29-26(32)24-15-25(34-30-24)22-6-3-13-31(17-22)27(33)21-10-9-19-4-1-2-5-20(19)14-21/h1-2,4-5,7-12,14-15,22H,3,6,13,16-17H2,(H,29,32). The van der Waals surface area contributed by atoms with Crippen LogP contribution in [0.25, 0.3) is 10.8 Å². The molecule has 1 aromatic heterocycles. The van der Waals surface area contributed by atoms with Crippen LogP contribution in [0.15, 0.2) is 77.3 Å². The van der Waals surface area contributed by atoms with Crippen LogP contribution in [0.2, 0.25) is 0 Å². The summed E-state index contributed by atoms with van der Waals surface area (Å²) in [7, 11) is 0. The van der Waals surface area contributed by atoms with Gasteiger partial charge in [-0.3, -0.25) is 9.59 Å². The van der Waals surface area contributed by atoms with Crippen molar-refractivity contribution in [2.45, 2.75) is 25.3 Å². The molecule has 1 saturated heterocycles. The molecule has 6 nitrogen and oxygen atoms in total. The van der Waals surface area contributed by atoms with Crippen LogP contribution in [0.3, 0.4) is 0 Å². The molecule has 4 aromatic rings. The summed E-state index contributed by atoms with van der Waals surface area (Å²) in [4.78, 5) is 27.5. The van der Waals surface area contributed by atoms with E-state index >= 15 is 0 Å². The Kier molecular flexibility index (Phi) is 6.08. The summed E-state index contributed by atoms with van der Waals surface area (Å²) >= 11 is 0. The van der Waals surface area contributed by atoms with Crippen LogP contribution < -0.4 is 5.32 Å². The third kappa shape index (κ3) is 4.69. The van der Waals surface area contributed by atoms with Crippen molar-refractivity contribution in [1.29, 1.82) is 0 Å². The minimum atomic E-state index is -0.362. The first-order chi connectivity index (χ1) is 16.6. The van der Waals surface area contributed by atoms with E-state index in [4.69, 9.17) is 4.52 Å². The molecule has 2 heterocycles. The molecular weight excluding hydrogens is 433 g/mol. The molecule has 7 heteroatoms. The molecule has 172 valence electrons. The number of nitrogens with zero attached hydrogens (tertiary/aromatic N) is 2. The highest BCUT2D eigenvalue weighted by atomic mass is 19.1. The number of carbonyl (C=O) groups excluding carboxylic acids is 2. The predicted octanol–water partition coefficient (Wildman–Crippen LogP) is 4.92. The van der Waals surface area contributed by atoms with Crippen LogP contribution in [0, 0.1) is 5.82 Å². The summed E-state index contributed by atoms with van der Waals surface area (Å²) < 4.78 is 18.5. The van der Waals surface area contributed by atoms with Gasteiger partial charge < -0.3 is 14.7 Å². The van der Waals surface area contributed by atoms with Crippen LogP contribution in [0.4, 0.5) is 4.39 Å². The number of benzene rings is 3. The molecule has 0 radical (unpaired) electrons. The maximum absolute atomic E-state index is 13.2. The molecule has 0 bridgehead atoms. The average Bonchev–Trinajstić information content (AvgIpc) is 3.38. The topological polar surface area (TPSA) is 75.4 Å². The van der Waals surface area contributed by atoms with Gasteiger partial charge in [0.1, 0.15) is 11.6 Å². The lowest BCUT2D eigenvalue weighted by molar-refractivity contribution is 0.0698. The van der Waals surface area contributed by atoms with Gasteiger partial charge in [-0.25, -0.2) is 4.39 Å². The Morgan fingerprint density at radius 1 is 1.03 bits per heavy atom. The van der Waals surface area contributed by atoms with E-state index in [9.17, 15) is 14.0 Å². The first kappa shape index (κ1) is 21.8. The number of hydrogen-bond acceptors (Lipinski definition) is 4. The maximum atomic E-state index is 13.2. The second kappa shape index (κ2) is 9.47. The van der Waals surface area contributed by atoms with Crippen molar-refractivity contribution in [3.05, 3.63) is 101 Å². The van der Waals surface area contributed by atoms with E-state index in [1.165, 1.54) is 12.1 Å². The number of nitrogens with one attached hydrogen (secondary N) is 1. The predicted molar refractivity (Wildman–Crippen MR) is 126 cm³/mol. The van der Waals surface area contributed by atoms with Gasteiger partial charge in [0.05, 0.1) is 0 Å². The highest BCUT2D eigenvalue weighted by molar-refractivity contribution is 5.98. The lowest BCUT2D eigenvalue weighted by Crippen LogP contribution is -2.39. The fourth-order valence-electron chi connectivity index (χ4n) is 4.36. The SMILES string of the molecule is O=C(NCc1ccc(F)cc1)c1cc(C2CCCN(C(=O)c3ccc4ccccc4c3)C2)on1. The van der Waals surface area contributed by atoms with Crippen molar-refractivity contribution in [1.82, 2.24) is 15.4 Å². The van der Waals surface area contributed by atoms with Crippen LogP contribution in [-0.2, 0) is 6.54 Å². The van der Waals surface area contributed by atoms with E-state index < -0.39 is 0 Å². The van der Waals surface area contributed by atoms with Gasteiger partial charge in [0.25, 0.3) is 11.8 Å². The number of aromatic nitrogens is 1. The van der Waals surface area contributed by atoms with E-state index in [0.29, 0.717) is 24.4 Å². The molecule has 0 spiro atoms. The Balaban J connectivity index is 1.23. The summed E-state index contributed by atoms with van der Waals surface area (Å²) in [6.45, 7) is 1.46. The van der Waals surface area contributed by atoms with Gasteiger partial charge in [-0.15, -0.1) is 0 Å². The summed E-state index contributed by atoms with van der Waals surface area (Å²) in [6.07, 6.45) is 1.70. The van der Waals surface area contributed by atoms with E-state index in [2.05, 4.69) is 10.5 Å². The first-order valence-corrected chi connectivity index (χ1v) is 11.3. The third-order valence-corrected chi connectivity index (χ3v) is 6.23. The molecule has 1 atom stereocenters. The van der Waals surface area contributed by atoms with Gasteiger partial charge in [-0.1, -0.05) is 47.6 Å². The molecule has 3 aromatic carbocycles. The Hall–Kier alpha value is -4.00. The lowest BCUT2D eigenvalue weighted by atomic mass is 9.94. The quantitative estimate of drug-likeness (QED) is 0.462. The minimum absolute atomic E-state index is 0.00719. The van der Waals surface area contributed by atoms with Crippen molar-refractivity contribution in [3.63, 3.8) is 0 Å². The third-order valence-electron chi connectivity index (χ3n) is 6.23. The Labute approximate surface area is 196 Å². The average molecular weight is 458 g/mol. The fraction of sp³-hybridized carbons (Fsp3) is 0.222. The molecule has 2 amide bonds. The molecule has 1 aliphatic heterocycles. The highest BCUT2D eigenvalue weighted by Crippen LogP contribution is 2.29. The van der Waals surface area contributed by atoms with E-state index in [1.807, 2.05) is 47.4 Å². The van der Waals surface area contributed by atoms with Crippen LogP contribution in [0.5, 0.6) is 0 Å². The summed E-state index contributed by atoms with van der Waals surface area (Å²) in [5.74, 6) is -0.115. The highest BCUT2D eigenvalue weighted by Gasteiger charge is 2.29. The number of carbonyl (C=O) groups is 2. The zero-order valence-electron chi connectivity index (χ0n) is 18.5. The van der Waals surface area contributed by atoms with Gasteiger partial charge in [0.2, 0.25) is 0 Å². The second-order valence-electron chi connectivity index (χ2n) is 8.58. The van der Waals surface area contributed by atoms with Crippen molar-refractivity contribution < 1.29 is 18.5 Å². The monoisotopic (exact) mass is 457 g/mol.